The van der Waals surface area contributed by atoms with E-state index in [0.717, 1.165) is 28.0 Å². The lowest BCUT2D eigenvalue weighted by atomic mass is 9.88. The van der Waals surface area contributed by atoms with Crippen LogP contribution in [0.3, 0.4) is 0 Å². The molecule has 3 nitrogen and oxygen atoms in total. The Bertz CT molecular complexity index is 704. The van der Waals surface area contributed by atoms with E-state index in [9.17, 15) is 9.90 Å². The van der Waals surface area contributed by atoms with Gasteiger partial charge in [-0.1, -0.05) is 49.7 Å². The van der Waals surface area contributed by atoms with Gasteiger partial charge in [0.2, 0.25) is 0 Å². The largest absolute Gasteiger partial charge is 0.493 e. The zero-order valence-electron chi connectivity index (χ0n) is 14.9. The average molecular weight is 326 g/mol. The van der Waals surface area contributed by atoms with Gasteiger partial charge in [-0.2, -0.15) is 0 Å². The smallest absolute Gasteiger partial charge is 0.311 e. The molecule has 0 saturated heterocycles. The van der Waals surface area contributed by atoms with Crippen LogP contribution in [-0.2, 0) is 11.2 Å². The molecule has 3 heteroatoms. The highest BCUT2D eigenvalue weighted by molar-refractivity contribution is 5.77. The zero-order chi connectivity index (χ0) is 17.7. The van der Waals surface area contributed by atoms with Crippen LogP contribution in [-0.4, -0.2) is 17.7 Å². The Hall–Kier alpha value is -2.29. The number of ether oxygens (including phenoxy) is 1. The Labute approximate surface area is 144 Å². The molecule has 1 atom stereocenters. The number of carbonyl (C=O) groups is 1. The van der Waals surface area contributed by atoms with Crippen molar-refractivity contribution in [3.8, 4) is 5.75 Å². The summed E-state index contributed by atoms with van der Waals surface area (Å²) >= 11 is 0. The Morgan fingerprint density at radius 3 is 2.54 bits per heavy atom. The van der Waals surface area contributed by atoms with Crippen molar-refractivity contribution >= 4 is 5.97 Å². The standard InChI is InChI=1S/C21H26O3/c1-14(2)13-24-18-7-5-6-17(11-18)12-20(21(22)23)19-10-15(3)8-9-16(19)4/h5-11,14,20H,12-13H2,1-4H3,(H,22,23). The van der Waals surface area contributed by atoms with Gasteiger partial charge >= 0.3 is 5.97 Å². The zero-order valence-corrected chi connectivity index (χ0v) is 14.9. The molecule has 2 aromatic carbocycles. The molecule has 0 fully saturated rings. The molecule has 0 amide bonds. The molecule has 0 spiro atoms. The van der Waals surface area contributed by atoms with Gasteiger partial charge in [-0.25, -0.2) is 0 Å². The minimum Gasteiger partial charge on any atom is -0.493 e. The van der Waals surface area contributed by atoms with E-state index >= 15 is 0 Å². The fourth-order valence-corrected chi connectivity index (χ4v) is 2.73. The summed E-state index contributed by atoms with van der Waals surface area (Å²) in [5.74, 6) is -0.0934. The maximum atomic E-state index is 11.8. The first kappa shape index (κ1) is 18.1. The number of carboxylic acid groups (broad SMARTS) is 1. The SMILES string of the molecule is Cc1ccc(C)c(C(Cc2cccc(OCC(C)C)c2)C(=O)O)c1. The molecule has 0 aliphatic carbocycles. The van der Waals surface area contributed by atoms with Crippen LogP contribution in [0.15, 0.2) is 42.5 Å². The minimum absolute atomic E-state index is 0.454. The van der Waals surface area contributed by atoms with Crippen molar-refractivity contribution in [1.29, 1.82) is 0 Å². The first-order valence-electron chi connectivity index (χ1n) is 8.38. The highest BCUT2D eigenvalue weighted by atomic mass is 16.5. The van der Waals surface area contributed by atoms with E-state index in [0.29, 0.717) is 18.9 Å². The van der Waals surface area contributed by atoms with Gasteiger partial charge in [0, 0.05) is 0 Å². The maximum absolute atomic E-state index is 11.8. The Kier molecular flexibility index (Phi) is 6.02. The fourth-order valence-electron chi connectivity index (χ4n) is 2.73. The lowest BCUT2D eigenvalue weighted by molar-refractivity contribution is -0.138. The predicted octanol–water partition coefficient (Wildman–Crippen LogP) is 4.75. The molecule has 0 heterocycles. The third-order valence-electron chi connectivity index (χ3n) is 4.03. The van der Waals surface area contributed by atoms with Crippen molar-refractivity contribution in [1.82, 2.24) is 0 Å². The summed E-state index contributed by atoms with van der Waals surface area (Å²) in [6, 6.07) is 13.7. The molecule has 24 heavy (non-hydrogen) atoms. The molecule has 1 N–H and O–H groups in total. The van der Waals surface area contributed by atoms with Gasteiger partial charge in [0.15, 0.2) is 0 Å². The van der Waals surface area contributed by atoms with Crippen molar-refractivity contribution < 1.29 is 14.6 Å². The molecule has 0 saturated carbocycles. The normalized spacial score (nSPS) is 12.2. The van der Waals surface area contributed by atoms with E-state index in [2.05, 4.69) is 13.8 Å². The second kappa shape index (κ2) is 8.00. The molecule has 128 valence electrons. The topological polar surface area (TPSA) is 46.5 Å². The second-order valence-electron chi connectivity index (χ2n) is 6.81. The van der Waals surface area contributed by atoms with Gasteiger partial charge in [0.25, 0.3) is 0 Å². The quantitative estimate of drug-likeness (QED) is 0.798. The Balaban J connectivity index is 2.24. The van der Waals surface area contributed by atoms with Crippen molar-refractivity contribution in [2.75, 3.05) is 6.61 Å². The molecular weight excluding hydrogens is 300 g/mol. The number of benzene rings is 2. The van der Waals surface area contributed by atoms with Gasteiger partial charge in [-0.15, -0.1) is 0 Å². The van der Waals surface area contributed by atoms with E-state index < -0.39 is 11.9 Å². The van der Waals surface area contributed by atoms with Gasteiger partial charge in [0.05, 0.1) is 12.5 Å². The van der Waals surface area contributed by atoms with Crippen molar-refractivity contribution in [3.05, 3.63) is 64.7 Å². The molecule has 1 unspecified atom stereocenters. The first-order valence-corrected chi connectivity index (χ1v) is 8.38. The third-order valence-corrected chi connectivity index (χ3v) is 4.03. The molecular formula is C21H26O3. The van der Waals surface area contributed by atoms with E-state index in [1.54, 1.807) is 0 Å². The maximum Gasteiger partial charge on any atom is 0.311 e. The number of aryl methyl sites for hydroxylation is 2. The van der Waals surface area contributed by atoms with E-state index in [1.165, 1.54) is 0 Å². The summed E-state index contributed by atoms with van der Waals surface area (Å²) in [4.78, 5) is 11.8. The van der Waals surface area contributed by atoms with Gasteiger partial charge < -0.3 is 9.84 Å². The van der Waals surface area contributed by atoms with E-state index in [4.69, 9.17) is 4.74 Å². The lowest BCUT2D eigenvalue weighted by Crippen LogP contribution is -2.16. The van der Waals surface area contributed by atoms with Gasteiger partial charge in [-0.3, -0.25) is 4.79 Å². The van der Waals surface area contributed by atoms with Crippen LogP contribution in [0.4, 0.5) is 0 Å². The van der Waals surface area contributed by atoms with Crippen LogP contribution >= 0.6 is 0 Å². The summed E-state index contributed by atoms with van der Waals surface area (Å²) < 4.78 is 5.75. The Morgan fingerprint density at radius 2 is 1.88 bits per heavy atom. The average Bonchev–Trinajstić information content (AvgIpc) is 2.53. The van der Waals surface area contributed by atoms with Crippen LogP contribution in [0, 0.1) is 19.8 Å². The molecule has 0 bridgehead atoms. The van der Waals surface area contributed by atoms with Crippen molar-refractivity contribution in [2.24, 2.45) is 5.92 Å². The van der Waals surface area contributed by atoms with Crippen LogP contribution in [0.5, 0.6) is 5.75 Å². The van der Waals surface area contributed by atoms with E-state index in [-0.39, 0.29) is 0 Å². The Morgan fingerprint density at radius 1 is 1.12 bits per heavy atom. The molecule has 2 aromatic rings. The highest BCUT2D eigenvalue weighted by Gasteiger charge is 2.22. The number of aliphatic carboxylic acids is 1. The summed E-state index contributed by atoms with van der Waals surface area (Å²) in [7, 11) is 0. The van der Waals surface area contributed by atoms with Crippen molar-refractivity contribution in [3.63, 3.8) is 0 Å². The summed E-state index contributed by atoms with van der Waals surface area (Å²) in [5.41, 5.74) is 3.96. The van der Waals surface area contributed by atoms with Gasteiger partial charge in [0.1, 0.15) is 5.75 Å². The number of rotatable bonds is 7. The first-order chi connectivity index (χ1) is 11.4. The highest BCUT2D eigenvalue weighted by Crippen LogP contribution is 2.27. The lowest BCUT2D eigenvalue weighted by Gasteiger charge is -2.17. The predicted molar refractivity (Wildman–Crippen MR) is 96.8 cm³/mol. The number of hydrogen-bond donors (Lipinski definition) is 1. The van der Waals surface area contributed by atoms with Crippen LogP contribution in [0.25, 0.3) is 0 Å². The van der Waals surface area contributed by atoms with E-state index in [1.807, 2.05) is 56.3 Å². The molecule has 0 aromatic heterocycles. The molecule has 0 aliphatic heterocycles. The van der Waals surface area contributed by atoms with Gasteiger partial charge in [-0.05, 0) is 55.0 Å². The monoisotopic (exact) mass is 326 g/mol. The number of carboxylic acids is 1. The second-order valence-corrected chi connectivity index (χ2v) is 6.81. The fraction of sp³-hybridized carbons (Fsp3) is 0.381. The third kappa shape index (κ3) is 4.85. The minimum atomic E-state index is -0.794. The summed E-state index contributed by atoms with van der Waals surface area (Å²) in [6.07, 6.45) is 0.457. The van der Waals surface area contributed by atoms with Crippen LogP contribution in [0.1, 0.15) is 42.0 Å². The summed E-state index contributed by atoms with van der Waals surface area (Å²) in [5, 5.41) is 9.72. The van der Waals surface area contributed by atoms with Crippen molar-refractivity contribution in [2.45, 2.75) is 40.0 Å². The van der Waals surface area contributed by atoms with Crippen LogP contribution < -0.4 is 4.74 Å². The molecule has 0 aliphatic rings. The molecule has 0 radical (unpaired) electrons. The summed E-state index contributed by atoms with van der Waals surface area (Å²) in [6.45, 7) is 8.81. The molecule has 2 rings (SSSR count). The van der Waals surface area contributed by atoms with Crippen LogP contribution in [0.2, 0.25) is 0 Å². The number of hydrogen-bond acceptors (Lipinski definition) is 2.